The highest BCUT2D eigenvalue weighted by Gasteiger charge is 2.10. The van der Waals surface area contributed by atoms with Crippen molar-refractivity contribution < 1.29 is 4.74 Å². The Bertz CT molecular complexity index is 604. The molecule has 0 saturated heterocycles. The van der Waals surface area contributed by atoms with Crippen molar-refractivity contribution in [1.82, 2.24) is 0 Å². The van der Waals surface area contributed by atoms with E-state index in [-0.39, 0.29) is 0 Å². The molecule has 0 aliphatic heterocycles. The van der Waals surface area contributed by atoms with E-state index in [1.807, 2.05) is 31.2 Å². The van der Waals surface area contributed by atoms with Crippen molar-refractivity contribution in [3.63, 3.8) is 0 Å². The second kappa shape index (κ2) is 7.34. The van der Waals surface area contributed by atoms with Crippen LogP contribution in [0.2, 0.25) is 5.02 Å². The maximum Gasteiger partial charge on any atom is 0.156 e. The summed E-state index contributed by atoms with van der Waals surface area (Å²) in [5.41, 5.74) is 2.06. The van der Waals surface area contributed by atoms with Crippen molar-refractivity contribution in [2.24, 2.45) is 0 Å². The van der Waals surface area contributed by atoms with Crippen molar-refractivity contribution in [2.45, 2.75) is 13.5 Å². The summed E-state index contributed by atoms with van der Waals surface area (Å²) >= 11 is 13.0. The van der Waals surface area contributed by atoms with Crippen LogP contribution in [-0.2, 0) is 6.54 Å². The number of halogens is 3. The van der Waals surface area contributed by atoms with Gasteiger partial charge in [0.25, 0.3) is 0 Å². The Hall–Kier alpha value is -0.710. The zero-order chi connectivity index (χ0) is 14.5. The summed E-state index contributed by atoms with van der Waals surface area (Å²) in [6.07, 6.45) is 0. The molecule has 0 aromatic heterocycles. The van der Waals surface area contributed by atoms with Gasteiger partial charge in [0.05, 0.1) is 16.8 Å². The van der Waals surface area contributed by atoms with Gasteiger partial charge >= 0.3 is 0 Å². The minimum Gasteiger partial charge on any atom is -0.491 e. The summed E-state index contributed by atoms with van der Waals surface area (Å²) in [6.45, 7) is 3.26. The molecule has 0 heterocycles. The Morgan fingerprint density at radius 3 is 2.70 bits per heavy atom. The summed E-state index contributed by atoms with van der Waals surface area (Å²) in [6, 6.07) is 11.9. The average Bonchev–Trinajstić information content (AvgIpc) is 2.40. The number of anilines is 1. The lowest BCUT2D eigenvalue weighted by Gasteiger charge is -2.15. The molecule has 0 unspecified atom stereocenters. The normalized spacial score (nSPS) is 10.4. The number of nitrogens with one attached hydrogen (secondary N) is 1. The fourth-order valence-corrected chi connectivity index (χ4v) is 3.20. The van der Waals surface area contributed by atoms with Gasteiger partial charge in [-0.05, 0) is 52.7 Å². The first-order valence-electron chi connectivity index (χ1n) is 6.20. The van der Waals surface area contributed by atoms with Crippen LogP contribution in [0.3, 0.4) is 0 Å². The van der Waals surface area contributed by atoms with E-state index < -0.39 is 0 Å². The SMILES string of the molecule is CCOc1c(Br)cc(Cl)cc1NCc1cccc(Br)c1. The Kier molecular flexibility index (Phi) is 5.75. The smallest absolute Gasteiger partial charge is 0.156 e. The van der Waals surface area contributed by atoms with E-state index in [0.717, 1.165) is 20.4 Å². The number of hydrogen-bond donors (Lipinski definition) is 1. The van der Waals surface area contributed by atoms with Gasteiger partial charge in [-0.25, -0.2) is 0 Å². The van der Waals surface area contributed by atoms with E-state index in [2.05, 4.69) is 49.3 Å². The minimum atomic E-state index is 0.603. The van der Waals surface area contributed by atoms with Gasteiger partial charge in [0.2, 0.25) is 0 Å². The Morgan fingerprint density at radius 1 is 1.20 bits per heavy atom. The van der Waals surface area contributed by atoms with E-state index in [9.17, 15) is 0 Å². The summed E-state index contributed by atoms with van der Waals surface area (Å²) in [5, 5.41) is 4.03. The molecule has 20 heavy (non-hydrogen) atoms. The first kappa shape index (κ1) is 15.7. The predicted octanol–water partition coefficient (Wildman–Crippen LogP) is 5.88. The van der Waals surface area contributed by atoms with Crippen LogP contribution in [0.25, 0.3) is 0 Å². The van der Waals surface area contributed by atoms with Crippen LogP contribution < -0.4 is 10.1 Å². The van der Waals surface area contributed by atoms with E-state index in [4.69, 9.17) is 16.3 Å². The van der Waals surface area contributed by atoms with Crippen molar-refractivity contribution in [3.05, 3.63) is 55.9 Å². The lowest BCUT2D eigenvalue weighted by molar-refractivity contribution is 0.339. The molecule has 0 spiro atoms. The second-order valence-electron chi connectivity index (χ2n) is 4.18. The number of hydrogen-bond acceptors (Lipinski definition) is 2. The van der Waals surface area contributed by atoms with E-state index in [1.165, 1.54) is 5.56 Å². The molecule has 0 fully saturated rings. The van der Waals surface area contributed by atoms with Crippen LogP contribution in [0.5, 0.6) is 5.75 Å². The van der Waals surface area contributed by atoms with Gasteiger partial charge in [-0.15, -0.1) is 0 Å². The standard InChI is InChI=1S/C15H14Br2ClNO/c1-2-20-15-13(17)7-12(18)8-14(15)19-9-10-4-3-5-11(16)6-10/h3-8,19H,2,9H2,1H3. The molecule has 5 heteroatoms. The largest absolute Gasteiger partial charge is 0.491 e. The highest BCUT2D eigenvalue weighted by molar-refractivity contribution is 9.10. The van der Waals surface area contributed by atoms with Crippen LogP contribution in [0.15, 0.2) is 45.3 Å². The molecule has 0 amide bonds. The van der Waals surface area contributed by atoms with Gasteiger partial charge in [0.15, 0.2) is 5.75 Å². The van der Waals surface area contributed by atoms with Crippen LogP contribution in [-0.4, -0.2) is 6.61 Å². The maximum absolute atomic E-state index is 6.10. The molecule has 2 rings (SSSR count). The molecule has 0 aliphatic carbocycles. The van der Waals surface area contributed by atoms with Gasteiger partial charge < -0.3 is 10.1 Å². The number of ether oxygens (including phenoxy) is 1. The topological polar surface area (TPSA) is 21.3 Å². The van der Waals surface area contributed by atoms with E-state index >= 15 is 0 Å². The molecule has 2 aromatic carbocycles. The molecular weight excluding hydrogens is 405 g/mol. The summed E-state index contributed by atoms with van der Waals surface area (Å²) < 4.78 is 7.57. The third-order valence-corrected chi connectivity index (χ3v) is 3.97. The Morgan fingerprint density at radius 2 is 2.00 bits per heavy atom. The molecule has 0 atom stereocenters. The quantitative estimate of drug-likeness (QED) is 0.654. The number of rotatable bonds is 5. The molecule has 0 aliphatic rings. The average molecular weight is 420 g/mol. The first-order chi connectivity index (χ1) is 9.60. The summed E-state index contributed by atoms with van der Waals surface area (Å²) in [5.74, 6) is 0.784. The van der Waals surface area contributed by atoms with Crippen molar-refractivity contribution >= 4 is 49.1 Å². The summed E-state index contributed by atoms with van der Waals surface area (Å²) in [4.78, 5) is 0. The monoisotopic (exact) mass is 417 g/mol. The van der Waals surface area contributed by atoms with Gasteiger partial charge in [0, 0.05) is 16.0 Å². The fraction of sp³-hybridized carbons (Fsp3) is 0.200. The highest BCUT2D eigenvalue weighted by Crippen LogP contribution is 2.36. The second-order valence-corrected chi connectivity index (χ2v) is 6.39. The van der Waals surface area contributed by atoms with Crippen LogP contribution >= 0.6 is 43.5 Å². The molecule has 106 valence electrons. The zero-order valence-corrected chi connectivity index (χ0v) is 14.8. The molecular formula is C15H14Br2ClNO. The molecule has 0 radical (unpaired) electrons. The maximum atomic E-state index is 6.10. The van der Waals surface area contributed by atoms with Gasteiger partial charge in [-0.2, -0.15) is 0 Å². The van der Waals surface area contributed by atoms with Gasteiger partial charge in [-0.1, -0.05) is 39.7 Å². The molecule has 1 N–H and O–H groups in total. The Labute approximate surface area is 140 Å². The zero-order valence-electron chi connectivity index (χ0n) is 10.9. The van der Waals surface area contributed by atoms with E-state index in [0.29, 0.717) is 18.2 Å². The van der Waals surface area contributed by atoms with Crippen molar-refractivity contribution in [1.29, 1.82) is 0 Å². The fourth-order valence-electron chi connectivity index (χ4n) is 1.83. The third-order valence-electron chi connectivity index (χ3n) is 2.67. The molecule has 2 nitrogen and oxygen atoms in total. The van der Waals surface area contributed by atoms with Gasteiger partial charge in [-0.3, -0.25) is 0 Å². The van der Waals surface area contributed by atoms with E-state index in [1.54, 1.807) is 0 Å². The van der Waals surface area contributed by atoms with Crippen LogP contribution in [0.1, 0.15) is 12.5 Å². The Balaban J connectivity index is 2.20. The highest BCUT2D eigenvalue weighted by atomic mass is 79.9. The molecule has 0 saturated carbocycles. The first-order valence-corrected chi connectivity index (χ1v) is 8.16. The predicted molar refractivity (Wildman–Crippen MR) is 91.8 cm³/mol. The third kappa shape index (κ3) is 4.14. The minimum absolute atomic E-state index is 0.603. The summed E-state index contributed by atoms with van der Waals surface area (Å²) in [7, 11) is 0. The molecule has 0 bridgehead atoms. The van der Waals surface area contributed by atoms with Crippen LogP contribution in [0.4, 0.5) is 5.69 Å². The van der Waals surface area contributed by atoms with Crippen LogP contribution in [0, 0.1) is 0 Å². The lowest BCUT2D eigenvalue weighted by Crippen LogP contribution is -2.03. The number of benzene rings is 2. The lowest BCUT2D eigenvalue weighted by atomic mass is 10.2. The van der Waals surface area contributed by atoms with Crippen molar-refractivity contribution in [3.8, 4) is 5.75 Å². The molecule has 2 aromatic rings. The van der Waals surface area contributed by atoms with Crippen molar-refractivity contribution in [2.75, 3.05) is 11.9 Å². The van der Waals surface area contributed by atoms with Gasteiger partial charge in [0.1, 0.15) is 0 Å².